The van der Waals surface area contributed by atoms with Crippen molar-refractivity contribution in [1.82, 2.24) is 15.0 Å². The Bertz CT molecular complexity index is 1070. The Morgan fingerprint density at radius 1 is 1.07 bits per heavy atom. The molecule has 29 heavy (non-hydrogen) atoms. The van der Waals surface area contributed by atoms with Crippen LogP contribution in [0.4, 0.5) is 0 Å². The molecular formula is C20H21N3O5S. The molecule has 3 aromatic rings. The van der Waals surface area contributed by atoms with Gasteiger partial charge in [-0.25, -0.2) is 4.79 Å². The number of aromatic nitrogens is 3. The van der Waals surface area contributed by atoms with Gasteiger partial charge < -0.3 is 4.74 Å². The molecule has 0 radical (unpaired) electrons. The number of carbonyl (C=O) groups is 1. The molecule has 0 saturated heterocycles. The van der Waals surface area contributed by atoms with Crippen LogP contribution < -0.4 is 0 Å². The number of benzene rings is 2. The summed E-state index contributed by atoms with van der Waals surface area (Å²) in [5, 5.41) is 8.14. The van der Waals surface area contributed by atoms with Gasteiger partial charge in [0.1, 0.15) is 5.69 Å². The van der Waals surface area contributed by atoms with Crippen molar-refractivity contribution in [3.8, 4) is 11.3 Å². The van der Waals surface area contributed by atoms with Gasteiger partial charge in [-0.1, -0.05) is 35.0 Å². The zero-order chi connectivity index (χ0) is 20.9. The van der Waals surface area contributed by atoms with Crippen molar-refractivity contribution >= 4 is 16.1 Å². The van der Waals surface area contributed by atoms with Crippen LogP contribution in [0.5, 0.6) is 0 Å². The van der Waals surface area contributed by atoms with Crippen LogP contribution in [0.3, 0.4) is 0 Å². The van der Waals surface area contributed by atoms with Crippen molar-refractivity contribution in [1.29, 1.82) is 0 Å². The summed E-state index contributed by atoms with van der Waals surface area (Å²) in [7, 11) is -2.43. The number of methoxy groups -OCH3 is 1. The lowest BCUT2D eigenvalue weighted by Gasteiger charge is -2.06. The van der Waals surface area contributed by atoms with Crippen molar-refractivity contribution in [3.05, 3.63) is 65.9 Å². The molecule has 152 valence electrons. The van der Waals surface area contributed by atoms with E-state index < -0.39 is 16.1 Å². The molecule has 3 rings (SSSR count). The third-order valence-corrected chi connectivity index (χ3v) is 5.55. The fourth-order valence-electron chi connectivity index (χ4n) is 2.60. The molecule has 0 fully saturated rings. The van der Waals surface area contributed by atoms with Gasteiger partial charge in [-0.2, -0.15) is 8.42 Å². The molecular weight excluding hydrogens is 394 g/mol. The zero-order valence-electron chi connectivity index (χ0n) is 16.1. The lowest BCUT2D eigenvalue weighted by atomic mass is 10.1. The predicted molar refractivity (Wildman–Crippen MR) is 106 cm³/mol. The molecule has 0 aliphatic carbocycles. The molecule has 0 aliphatic rings. The second-order valence-corrected chi connectivity index (χ2v) is 7.99. The van der Waals surface area contributed by atoms with Gasteiger partial charge in [-0.3, -0.25) is 8.86 Å². The minimum absolute atomic E-state index is 0.0409. The minimum Gasteiger partial charge on any atom is -0.465 e. The fourth-order valence-corrected chi connectivity index (χ4v) is 3.55. The van der Waals surface area contributed by atoms with E-state index in [0.29, 0.717) is 24.2 Å². The number of hydrogen-bond donors (Lipinski definition) is 0. The number of nitrogens with zero attached hydrogens (tertiary/aromatic N) is 3. The molecule has 1 aromatic heterocycles. The highest BCUT2D eigenvalue weighted by molar-refractivity contribution is 7.86. The van der Waals surface area contributed by atoms with Crippen molar-refractivity contribution in [2.45, 2.75) is 24.8 Å². The Morgan fingerprint density at radius 3 is 2.41 bits per heavy atom. The van der Waals surface area contributed by atoms with Gasteiger partial charge in [0, 0.05) is 12.1 Å². The molecule has 0 amide bonds. The first-order valence-electron chi connectivity index (χ1n) is 8.94. The Kier molecular flexibility index (Phi) is 6.40. The first-order chi connectivity index (χ1) is 13.9. The summed E-state index contributed by atoms with van der Waals surface area (Å²) in [6.07, 6.45) is 2.21. The van der Waals surface area contributed by atoms with E-state index >= 15 is 0 Å². The topological polar surface area (TPSA) is 100 Å². The predicted octanol–water partition coefficient (Wildman–Crippen LogP) is 2.84. The van der Waals surface area contributed by atoms with Gasteiger partial charge in [0.2, 0.25) is 0 Å². The quantitative estimate of drug-likeness (QED) is 0.317. The van der Waals surface area contributed by atoms with Crippen LogP contribution in [-0.2, 0) is 25.6 Å². The van der Waals surface area contributed by atoms with Gasteiger partial charge >= 0.3 is 5.97 Å². The summed E-state index contributed by atoms with van der Waals surface area (Å²) in [5.74, 6) is -0.402. The molecule has 2 aromatic carbocycles. The van der Waals surface area contributed by atoms with Gasteiger partial charge in [0.15, 0.2) is 0 Å². The second kappa shape index (κ2) is 8.97. The maximum Gasteiger partial charge on any atom is 0.337 e. The minimum atomic E-state index is -3.77. The van der Waals surface area contributed by atoms with E-state index in [1.165, 1.54) is 19.2 Å². The summed E-state index contributed by atoms with van der Waals surface area (Å²) in [4.78, 5) is 11.6. The molecule has 9 heteroatoms. The van der Waals surface area contributed by atoms with E-state index in [-0.39, 0.29) is 11.5 Å². The van der Waals surface area contributed by atoms with Crippen molar-refractivity contribution in [2.24, 2.45) is 0 Å². The highest BCUT2D eigenvalue weighted by Crippen LogP contribution is 2.18. The molecule has 0 aliphatic heterocycles. The van der Waals surface area contributed by atoms with E-state index in [0.717, 1.165) is 11.1 Å². The third-order valence-electron chi connectivity index (χ3n) is 4.22. The van der Waals surface area contributed by atoms with Crippen LogP contribution >= 0.6 is 0 Å². The van der Waals surface area contributed by atoms with Crippen LogP contribution in [0.1, 0.15) is 22.3 Å². The third kappa shape index (κ3) is 5.27. The number of esters is 1. The lowest BCUT2D eigenvalue weighted by molar-refractivity contribution is 0.0600. The summed E-state index contributed by atoms with van der Waals surface area (Å²) in [6.45, 7) is 2.38. The Morgan fingerprint density at radius 2 is 1.76 bits per heavy atom. The Labute approximate surface area is 169 Å². The molecule has 1 heterocycles. The first kappa shape index (κ1) is 20.7. The monoisotopic (exact) mass is 415 g/mol. The summed E-state index contributed by atoms with van der Waals surface area (Å²) in [5.41, 5.74) is 2.89. The van der Waals surface area contributed by atoms with E-state index in [1.807, 2.05) is 6.92 Å². The standard InChI is InChI=1S/C20H21N3O5S/c1-15-4-10-18(11-5-15)29(25,26)28-13-3-12-23-14-19(21-22-23)16-6-8-17(9-7-16)20(24)27-2/h4-11,14H,3,12-13H2,1-2H3. The van der Waals surface area contributed by atoms with Crippen LogP contribution in [-0.4, -0.2) is 43.1 Å². The smallest absolute Gasteiger partial charge is 0.337 e. The largest absolute Gasteiger partial charge is 0.465 e. The van der Waals surface area contributed by atoms with Gasteiger partial charge in [-0.15, -0.1) is 5.10 Å². The lowest BCUT2D eigenvalue weighted by Crippen LogP contribution is -2.10. The number of aryl methyl sites for hydroxylation is 2. The summed E-state index contributed by atoms with van der Waals surface area (Å²) < 4.78 is 35.7. The van der Waals surface area contributed by atoms with E-state index in [1.54, 1.807) is 47.3 Å². The van der Waals surface area contributed by atoms with E-state index in [4.69, 9.17) is 4.18 Å². The molecule has 0 bridgehead atoms. The van der Waals surface area contributed by atoms with Gasteiger partial charge in [0.05, 0.1) is 30.4 Å². The molecule has 0 saturated carbocycles. The summed E-state index contributed by atoms with van der Waals surface area (Å²) >= 11 is 0. The molecule has 0 spiro atoms. The number of rotatable bonds is 8. The molecule has 0 atom stereocenters. The zero-order valence-corrected chi connectivity index (χ0v) is 16.9. The van der Waals surface area contributed by atoms with Crippen molar-refractivity contribution in [2.75, 3.05) is 13.7 Å². The highest BCUT2D eigenvalue weighted by atomic mass is 32.2. The molecule has 0 unspecified atom stereocenters. The maximum absolute atomic E-state index is 12.2. The average Bonchev–Trinajstić information content (AvgIpc) is 3.20. The Balaban J connectivity index is 1.53. The highest BCUT2D eigenvalue weighted by Gasteiger charge is 2.14. The maximum atomic E-state index is 12.2. The fraction of sp³-hybridized carbons (Fsp3) is 0.250. The Hall–Kier alpha value is -3.04. The van der Waals surface area contributed by atoms with E-state index in [9.17, 15) is 13.2 Å². The molecule has 0 N–H and O–H groups in total. The average molecular weight is 415 g/mol. The van der Waals surface area contributed by atoms with Gasteiger partial charge in [-0.05, 0) is 37.6 Å². The molecule has 8 nitrogen and oxygen atoms in total. The van der Waals surface area contributed by atoms with Crippen molar-refractivity contribution < 1.29 is 22.1 Å². The van der Waals surface area contributed by atoms with Crippen LogP contribution in [0.15, 0.2) is 59.6 Å². The van der Waals surface area contributed by atoms with Gasteiger partial charge in [0.25, 0.3) is 10.1 Å². The normalized spacial score (nSPS) is 11.4. The number of carbonyl (C=O) groups excluding carboxylic acids is 1. The second-order valence-electron chi connectivity index (χ2n) is 6.38. The van der Waals surface area contributed by atoms with Crippen LogP contribution in [0.25, 0.3) is 11.3 Å². The van der Waals surface area contributed by atoms with E-state index in [2.05, 4.69) is 15.0 Å². The SMILES string of the molecule is COC(=O)c1ccc(-c2cn(CCCOS(=O)(=O)c3ccc(C)cc3)nn2)cc1. The number of ether oxygens (including phenoxy) is 1. The first-order valence-corrected chi connectivity index (χ1v) is 10.3. The van der Waals surface area contributed by atoms with Crippen LogP contribution in [0.2, 0.25) is 0 Å². The van der Waals surface area contributed by atoms with Crippen molar-refractivity contribution in [3.63, 3.8) is 0 Å². The van der Waals surface area contributed by atoms with Crippen LogP contribution in [0, 0.1) is 6.92 Å². The summed E-state index contributed by atoms with van der Waals surface area (Å²) in [6, 6.07) is 13.3. The number of hydrogen-bond acceptors (Lipinski definition) is 7.